The topological polar surface area (TPSA) is 129 Å². The highest BCUT2D eigenvalue weighted by Gasteiger charge is 2.41. The largest absolute Gasteiger partial charge is 0.380 e. The molecule has 3 aliphatic heterocycles. The maximum absolute atomic E-state index is 13.1. The summed E-state index contributed by atoms with van der Waals surface area (Å²) >= 11 is 0. The molecule has 1 aromatic carbocycles. The molecule has 5 N–H and O–H groups in total. The van der Waals surface area contributed by atoms with Crippen LogP contribution in [-0.4, -0.2) is 59.8 Å². The molecular formula is C26H32N6O3. The first-order chi connectivity index (χ1) is 16.9. The van der Waals surface area contributed by atoms with Crippen molar-refractivity contribution in [3.8, 4) is 0 Å². The highest BCUT2D eigenvalue weighted by atomic mass is 16.2. The van der Waals surface area contributed by atoms with Gasteiger partial charge in [-0.15, -0.1) is 0 Å². The van der Waals surface area contributed by atoms with E-state index in [4.69, 9.17) is 5.73 Å². The number of anilines is 2. The minimum absolute atomic E-state index is 0.00979. The lowest BCUT2D eigenvalue weighted by atomic mass is 9.96. The van der Waals surface area contributed by atoms with E-state index < -0.39 is 5.91 Å². The summed E-state index contributed by atoms with van der Waals surface area (Å²) < 4.78 is 0. The maximum Gasteiger partial charge on any atom is 0.251 e. The zero-order valence-electron chi connectivity index (χ0n) is 19.9. The van der Waals surface area contributed by atoms with Crippen molar-refractivity contribution in [2.24, 2.45) is 5.73 Å². The summed E-state index contributed by atoms with van der Waals surface area (Å²) in [5.74, 6) is 0.247. The maximum atomic E-state index is 13.1. The summed E-state index contributed by atoms with van der Waals surface area (Å²) in [6.45, 7) is 3.27. The fourth-order valence-electron chi connectivity index (χ4n) is 5.70. The molecule has 9 nitrogen and oxygen atoms in total. The fourth-order valence-corrected chi connectivity index (χ4v) is 5.70. The summed E-state index contributed by atoms with van der Waals surface area (Å²) in [5.41, 5.74) is 7.69. The number of Topliss-reactive ketones (excluding diaryl/α,β-unsaturated/α-hetero) is 1. The Kier molecular flexibility index (Phi) is 6.42. The van der Waals surface area contributed by atoms with E-state index in [1.807, 2.05) is 12.1 Å². The van der Waals surface area contributed by atoms with Crippen molar-refractivity contribution in [2.75, 3.05) is 23.3 Å². The van der Waals surface area contributed by atoms with Crippen LogP contribution in [-0.2, 0) is 0 Å². The Morgan fingerprint density at radius 3 is 2.37 bits per heavy atom. The monoisotopic (exact) mass is 476 g/mol. The number of benzene rings is 1. The molecule has 1 aromatic heterocycles. The van der Waals surface area contributed by atoms with Gasteiger partial charge in [0.25, 0.3) is 11.8 Å². The lowest BCUT2D eigenvalue weighted by molar-refractivity contribution is 0.0924. The van der Waals surface area contributed by atoms with Crippen LogP contribution in [0.5, 0.6) is 0 Å². The number of pyridine rings is 1. The molecule has 9 heteroatoms. The van der Waals surface area contributed by atoms with E-state index in [-0.39, 0.29) is 23.8 Å². The predicted octanol–water partition coefficient (Wildman–Crippen LogP) is 2.09. The molecule has 2 bridgehead atoms. The van der Waals surface area contributed by atoms with Crippen LogP contribution in [0.2, 0.25) is 0 Å². The van der Waals surface area contributed by atoms with E-state index in [1.54, 1.807) is 31.3 Å². The van der Waals surface area contributed by atoms with E-state index in [0.29, 0.717) is 34.5 Å². The van der Waals surface area contributed by atoms with Gasteiger partial charge >= 0.3 is 0 Å². The Morgan fingerprint density at radius 1 is 1.03 bits per heavy atom. The zero-order valence-corrected chi connectivity index (χ0v) is 19.9. The predicted molar refractivity (Wildman–Crippen MR) is 134 cm³/mol. The number of aromatic nitrogens is 1. The number of primary amides is 1. The van der Waals surface area contributed by atoms with Crippen LogP contribution >= 0.6 is 0 Å². The third-order valence-corrected chi connectivity index (χ3v) is 7.45. The number of fused-ring (bicyclic) bond motifs is 2. The molecule has 2 amide bonds. The number of rotatable bonds is 7. The molecule has 184 valence electrons. The molecule has 5 rings (SSSR count). The number of nitrogens with zero attached hydrogens (tertiary/aromatic N) is 2. The van der Waals surface area contributed by atoms with Gasteiger partial charge in [0.2, 0.25) is 0 Å². The van der Waals surface area contributed by atoms with Crippen LogP contribution < -0.4 is 26.6 Å². The highest BCUT2D eigenvalue weighted by molar-refractivity contribution is 6.02. The Morgan fingerprint density at radius 2 is 1.77 bits per heavy atom. The molecule has 35 heavy (non-hydrogen) atoms. The molecule has 0 saturated carbocycles. The summed E-state index contributed by atoms with van der Waals surface area (Å²) in [6.07, 6.45) is 6.40. The van der Waals surface area contributed by atoms with Crippen LogP contribution in [0, 0.1) is 0 Å². The smallest absolute Gasteiger partial charge is 0.251 e. The molecule has 3 saturated heterocycles. The van der Waals surface area contributed by atoms with Crippen molar-refractivity contribution in [1.29, 1.82) is 0 Å². The molecule has 4 heterocycles. The first-order valence-corrected chi connectivity index (χ1v) is 12.4. The standard InChI is InChI=1S/C26H32N6O3/c1-15(33)17-3-7-24(29-13-17)32-20-4-5-21(32)12-19(11-20)31-26(35)16-2-6-22(25(27)34)23(10-16)30-18-8-9-28-14-18/h2-3,6-7,10,13,18-21,28,30H,4-5,8-9,11-12,14H2,1H3,(H2,27,34)(H,31,35). The van der Waals surface area contributed by atoms with Crippen LogP contribution in [0.15, 0.2) is 36.5 Å². The summed E-state index contributed by atoms with van der Waals surface area (Å²) in [6, 6.07) is 9.67. The molecule has 3 unspecified atom stereocenters. The van der Waals surface area contributed by atoms with Gasteiger partial charge in [-0.1, -0.05) is 0 Å². The van der Waals surface area contributed by atoms with Gasteiger partial charge in [-0.2, -0.15) is 0 Å². The lowest BCUT2D eigenvalue weighted by Crippen LogP contribution is -2.50. The van der Waals surface area contributed by atoms with E-state index in [0.717, 1.165) is 51.0 Å². The van der Waals surface area contributed by atoms with Crippen molar-refractivity contribution < 1.29 is 14.4 Å². The second-order valence-electron chi connectivity index (χ2n) is 9.85. The van der Waals surface area contributed by atoms with E-state index >= 15 is 0 Å². The summed E-state index contributed by atoms with van der Waals surface area (Å²) in [5, 5.41) is 9.87. The number of nitrogens with one attached hydrogen (secondary N) is 3. The van der Waals surface area contributed by atoms with Crippen LogP contribution in [0.1, 0.15) is 70.1 Å². The zero-order chi connectivity index (χ0) is 24.5. The van der Waals surface area contributed by atoms with Gasteiger partial charge in [-0.3, -0.25) is 14.4 Å². The van der Waals surface area contributed by atoms with Gasteiger partial charge in [0.05, 0.1) is 5.56 Å². The average Bonchev–Trinajstić information content (AvgIpc) is 3.44. The first-order valence-electron chi connectivity index (χ1n) is 12.4. The van der Waals surface area contributed by atoms with Gasteiger partial charge in [0.1, 0.15) is 5.82 Å². The molecule has 0 radical (unpaired) electrons. The average molecular weight is 477 g/mol. The number of carbonyl (C=O) groups is 3. The van der Waals surface area contributed by atoms with Crippen molar-refractivity contribution >= 4 is 29.1 Å². The Hall–Kier alpha value is -3.46. The summed E-state index contributed by atoms with van der Waals surface area (Å²) in [4.78, 5) is 43.5. The number of hydrogen-bond donors (Lipinski definition) is 4. The second kappa shape index (κ2) is 9.65. The second-order valence-corrected chi connectivity index (χ2v) is 9.85. The molecule has 3 aliphatic rings. The minimum Gasteiger partial charge on any atom is -0.380 e. The van der Waals surface area contributed by atoms with Crippen molar-refractivity contribution in [1.82, 2.24) is 15.6 Å². The first kappa shape index (κ1) is 23.3. The highest BCUT2D eigenvalue weighted by Crippen LogP contribution is 2.38. The fraction of sp³-hybridized carbons (Fsp3) is 0.462. The minimum atomic E-state index is -0.515. The molecule has 2 aromatic rings. The number of carbonyl (C=O) groups excluding carboxylic acids is 3. The normalized spacial score (nSPS) is 25.3. The van der Waals surface area contributed by atoms with Gasteiger partial charge in [0.15, 0.2) is 5.78 Å². The van der Waals surface area contributed by atoms with Crippen LogP contribution in [0.3, 0.4) is 0 Å². The quantitative estimate of drug-likeness (QED) is 0.450. The van der Waals surface area contributed by atoms with Crippen LogP contribution in [0.4, 0.5) is 11.5 Å². The van der Waals surface area contributed by atoms with Crippen molar-refractivity contribution in [3.63, 3.8) is 0 Å². The molecule has 0 aliphatic carbocycles. The SMILES string of the molecule is CC(=O)c1ccc(N2C3CCC2CC(NC(=O)c2ccc(C(N)=O)c(NC4CCNC4)c2)C3)nc1. The van der Waals surface area contributed by atoms with Gasteiger partial charge in [0, 0.05) is 53.7 Å². The Bertz CT molecular complexity index is 1110. The van der Waals surface area contributed by atoms with Gasteiger partial charge in [-0.25, -0.2) is 4.98 Å². The molecule has 3 atom stereocenters. The van der Waals surface area contributed by atoms with E-state index in [2.05, 4.69) is 25.8 Å². The Labute approximate surface area is 204 Å². The number of hydrogen-bond acceptors (Lipinski definition) is 7. The number of amides is 2. The van der Waals surface area contributed by atoms with Crippen molar-refractivity contribution in [2.45, 2.75) is 63.2 Å². The van der Waals surface area contributed by atoms with E-state index in [9.17, 15) is 14.4 Å². The van der Waals surface area contributed by atoms with Gasteiger partial charge < -0.3 is 26.6 Å². The number of nitrogens with two attached hydrogens (primary N) is 1. The third-order valence-electron chi connectivity index (χ3n) is 7.45. The number of piperidine rings is 1. The summed E-state index contributed by atoms with van der Waals surface area (Å²) in [7, 11) is 0. The van der Waals surface area contributed by atoms with Crippen molar-refractivity contribution in [3.05, 3.63) is 53.2 Å². The van der Waals surface area contributed by atoms with Gasteiger partial charge in [-0.05, 0) is 75.9 Å². The molecule has 0 spiro atoms. The molecular weight excluding hydrogens is 444 g/mol. The third kappa shape index (κ3) is 4.86. The van der Waals surface area contributed by atoms with Crippen LogP contribution in [0.25, 0.3) is 0 Å². The Balaban J connectivity index is 1.26. The number of ketones is 1. The lowest BCUT2D eigenvalue weighted by Gasteiger charge is -2.40. The molecule has 3 fully saturated rings. The van der Waals surface area contributed by atoms with E-state index in [1.165, 1.54) is 0 Å².